The van der Waals surface area contributed by atoms with Crippen LogP contribution in [0.3, 0.4) is 0 Å². The summed E-state index contributed by atoms with van der Waals surface area (Å²) in [6, 6.07) is 0. The van der Waals surface area contributed by atoms with Gasteiger partial charge in [0, 0.05) is 14.1 Å². The highest BCUT2D eigenvalue weighted by Gasteiger charge is 2.25. The van der Waals surface area contributed by atoms with Crippen molar-refractivity contribution in [2.24, 2.45) is 0 Å². The van der Waals surface area contributed by atoms with Crippen molar-refractivity contribution in [3.8, 4) is 0 Å². The number of nitrogens with zero attached hydrogens (tertiary/aromatic N) is 1. The standard InChI is InChI=1S/C9H19N3O2/c1-9(2,10-3)8(14)11-6-7(13)12(4)5/h10H,6H2,1-5H3,(H,11,14). The maximum absolute atomic E-state index is 11.5. The quantitative estimate of drug-likeness (QED) is 0.625. The molecule has 0 rings (SSSR count). The molecule has 0 fully saturated rings. The molecule has 0 atom stereocenters. The monoisotopic (exact) mass is 201 g/mol. The van der Waals surface area contributed by atoms with E-state index in [-0.39, 0.29) is 18.4 Å². The number of carbonyl (C=O) groups is 2. The summed E-state index contributed by atoms with van der Waals surface area (Å²) >= 11 is 0. The molecule has 0 aromatic heterocycles. The van der Waals surface area contributed by atoms with Crippen molar-refractivity contribution in [2.45, 2.75) is 19.4 Å². The maximum Gasteiger partial charge on any atom is 0.241 e. The van der Waals surface area contributed by atoms with Crippen LogP contribution in [-0.4, -0.2) is 49.9 Å². The van der Waals surface area contributed by atoms with E-state index >= 15 is 0 Å². The Kier molecular flexibility index (Phi) is 4.56. The van der Waals surface area contributed by atoms with Crippen LogP contribution in [0.25, 0.3) is 0 Å². The number of carbonyl (C=O) groups excluding carboxylic acids is 2. The van der Waals surface area contributed by atoms with Crippen molar-refractivity contribution in [1.82, 2.24) is 15.5 Å². The van der Waals surface area contributed by atoms with Gasteiger partial charge in [0.15, 0.2) is 0 Å². The second-order valence-electron chi connectivity index (χ2n) is 3.85. The smallest absolute Gasteiger partial charge is 0.241 e. The Morgan fingerprint density at radius 2 is 1.79 bits per heavy atom. The number of hydrogen-bond acceptors (Lipinski definition) is 3. The highest BCUT2D eigenvalue weighted by atomic mass is 16.2. The number of nitrogens with one attached hydrogen (secondary N) is 2. The Labute approximate surface area is 84.8 Å². The van der Waals surface area contributed by atoms with Gasteiger partial charge >= 0.3 is 0 Å². The van der Waals surface area contributed by atoms with Crippen LogP contribution in [0.2, 0.25) is 0 Å². The van der Waals surface area contributed by atoms with Gasteiger partial charge in [-0.3, -0.25) is 9.59 Å². The van der Waals surface area contributed by atoms with Gasteiger partial charge in [0.1, 0.15) is 0 Å². The van der Waals surface area contributed by atoms with Crippen LogP contribution < -0.4 is 10.6 Å². The van der Waals surface area contributed by atoms with Gasteiger partial charge in [-0.05, 0) is 20.9 Å². The molecule has 0 aromatic carbocycles. The van der Waals surface area contributed by atoms with E-state index in [0.29, 0.717) is 0 Å². The molecule has 0 saturated heterocycles. The third kappa shape index (κ3) is 3.74. The van der Waals surface area contributed by atoms with Gasteiger partial charge in [-0.2, -0.15) is 0 Å². The van der Waals surface area contributed by atoms with E-state index in [4.69, 9.17) is 0 Å². The summed E-state index contributed by atoms with van der Waals surface area (Å²) in [4.78, 5) is 24.1. The molecule has 0 aliphatic heterocycles. The van der Waals surface area contributed by atoms with Crippen molar-refractivity contribution in [2.75, 3.05) is 27.7 Å². The number of rotatable bonds is 4. The zero-order chi connectivity index (χ0) is 11.4. The summed E-state index contributed by atoms with van der Waals surface area (Å²) in [5.41, 5.74) is -0.646. The summed E-state index contributed by atoms with van der Waals surface area (Å²) < 4.78 is 0. The third-order valence-corrected chi connectivity index (χ3v) is 2.09. The fourth-order valence-electron chi connectivity index (χ4n) is 0.649. The summed E-state index contributed by atoms with van der Waals surface area (Å²) in [5, 5.41) is 5.42. The van der Waals surface area contributed by atoms with Crippen LogP contribution in [0.15, 0.2) is 0 Å². The predicted molar refractivity (Wildman–Crippen MR) is 54.8 cm³/mol. The second kappa shape index (κ2) is 4.95. The van der Waals surface area contributed by atoms with Crippen LogP contribution in [0.1, 0.15) is 13.8 Å². The molecule has 2 amide bonds. The average molecular weight is 201 g/mol. The Hall–Kier alpha value is -1.10. The Balaban J connectivity index is 4.04. The Morgan fingerprint density at radius 3 is 2.14 bits per heavy atom. The van der Waals surface area contributed by atoms with Crippen molar-refractivity contribution in [3.05, 3.63) is 0 Å². The van der Waals surface area contributed by atoms with Crippen LogP contribution in [0.5, 0.6) is 0 Å². The zero-order valence-electron chi connectivity index (χ0n) is 9.47. The largest absolute Gasteiger partial charge is 0.347 e. The van der Waals surface area contributed by atoms with E-state index in [1.54, 1.807) is 35.0 Å². The van der Waals surface area contributed by atoms with E-state index in [1.807, 2.05) is 0 Å². The highest BCUT2D eigenvalue weighted by molar-refractivity contribution is 5.89. The van der Waals surface area contributed by atoms with E-state index in [1.165, 1.54) is 4.90 Å². The topological polar surface area (TPSA) is 61.4 Å². The SMILES string of the molecule is CNC(C)(C)C(=O)NCC(=O)N(C)C. The molecule has 0 aliphatic rings. The van der Waals surface area contributed by atoms with Crippen LogP contribution in [0.4, 0.5) is 0 Å². The van der Waals surface area contributed by atoms with Gasteiger partial charge in [-0.15, -0.1) is 0 Å². The summed E-state index contributed by atoms with van der Waals surface area (Å²) in [6.45, 7) is 3.54. The molecule has 0 spiro atoms. The molecule has 0 bridgehead atoms. The van der Waals surface area contributed by atoms with Gasteiger partial charge in [0.2, 0.25) is 11.8 Å². The average Bonchev–Trinajstić information content (AvgIpc) is 2.13. The lowest BCUT2D eigenvalue weighted by molar-refractivity contribution is -0.132. The lowest BCUT2D eigenvalue weighted by Crippen LogP contribution is -2.52. The minimum absolute atomic E-state index is 0.0386. The molecule has 0 aliphatic carbocycles. The highest BCUT2D eigenvalue weighted by Crippen LogP contribution is 1.99. The zero-order valence-corrected chi connectivity index (χ0v) is 9.47. The van der Waals surface area contributed by atoms with Gasteiger partial charge in [-0.1, -0.05) is 0 Å². The predicted octanol–water partition coefficient (Wildman–Crippen LogP) is -0.811. The molecule has 0 aromatic rings. The molecule has 0 unspecified atom stereocenters. The third-order valence-electron chi connectivity index (χ3n) is 2.09. The van der Waals surface area contributed by atoms with Crippen LogP contribution in [-0.2, 0) is 9.59 Å². The molecule has 5 heteroatoms. The summed E-state index contributed by atoms with van der Waals surface area (Å²) in [5.74, 6) is -0.305. The van der Waals surface area contributed by atoms with Crippen molar-refractivity contribution in [1.29, 1.82) is 0 Å². The van der Waals surface area contributed by atoms with Crippen molar-refractivity contribution in [3.63, 3.8) is 0 Å². The first-order valence-electron chi connectivity index (χ1n) is 4.48. The van der Waals surface area contributed by atoms with Crippen molar-refractivity contribution >= 4 is 11.8 Å². The first kappa shape index (κ1) is 12.9. The van der Waals surface area contributed by atoms with Crippen molar-refractivity contribution < 1.29 is 9.59 Å². The van der Waals surface area contributed by atoms with Crippen LogP contribution >= 0.6 is 0 Å². The molecule has 0 heterocycles. The van der Waals surface area contributed by atoms with Crippen LogP contribution in [0, 0.1) is 0 Å². The van der Waals surface area contributed by atoms with E-state index in [2.05, 4.69) is 10.6 Å². The lowest BCUT2D eigenvalue weighted by atomic mass is 10.1. The van der Waals surface area contributed by atoms with Gasteiger partial charge in [0.05, 0.1) is 12.1 Å². The normalized spacial score (nSPS) is 10.9. The fourth-order valence-corrected chi connectivity index (χ4v) is 0.649. The van der Waals surface area contributed by atoms with E-state index < -0.39 is 5.54 Å². The molecule has 0 saturated carbocycles. The van der Waals surface area contributed by atoms with E-state index in [9.17, 15) is 9.59 Å². The maximum atomic E-state index is 11.5. The van der Waals surface area contributed by atoms with Gasteiger partial charge < -0.3 is 15.5 Å². The Bertz CT molecular complexity index is 224. The number of amides is 2. The Morgan fingerprint density at radius 1 is 1.29 bits per heavy atom. The molecule has 82 valence electrons. The molecule has 5 nitrogen and oxygen atoms in total. The fraction of sp³-hybridized carbons (Fsp3) is 0.778. The number of hydrogen-bond donors (Lipinski definition) is 2. The minimum atomic E-state index is -0.646. The number of likely N-dealkylation sites (N-methyl/N-ethyl adjacent to an activating group) is 2. The summed E-state index contributed by atoms with van der Waals surface area (Å²) in [6.07, 6.45) is 0. The molecule has 0 radical (unpaired) electrons. The molecule has 2 N–H and O–H groups in total. The molecular weight excluding hydrogens is 182 g/mol. The lowest BCUT2D eigenvalue weighted by Gasteiger charge is -2.23. The minimum Gasteiger partial charge on any atom is -0.347 e. The first-order valence-corrected chi connectivity index (χ1v) is 4.48. The van der Waals surface area contributed by atoms with Gasteiger partial charge in [-0.25, -0.2) is 0 Å². The molecular formula is C9H19N3O2. The first-order chi connectivity index (χ1) is 6.31. The van der Waals surface area contributed by atoms with Gasteiger partial charge in [0.25, 0.3) is 0 Å². The summed E-state index contributed by atoms with van der Waals surface area (Å²) in [7, 11) is 5.00. The molecule has 14 heavy (non-hydrogen) atoms. The van der Waals surface area contributed by atoms with E-state index in [0.717, 1.165) is 0 Å². The second-order valence-corrected chi connectivity index (χ2v) is 3.85.